The Balaban J connectivity index is 2.39. The molecule has 1 heterocycles. The SMILES string of the molecule is NC(=O)C#Cc1ccc2c(c1)C(=O)NC2. The molecule has 1 aliphatic rings. The van der Waals surface area contributed by atoms with Gasteiger partial charge in [-0.2, -0.15) is 0 Å². The number of nitrogens with one attached hydrogen (secondary N) is 1. The Morgan fingerprint density at radius 3 is 3.00 bits per heavy atom. The summed E-state index contributed by atoms with van der Waals surface area (Å²) in [4.78, 5) is 21.7. The van der Waals surface area contributed by atoms with Gasteiger partial charge in [-0.15, -0.1) is 0 Å². The van der Waals surface area contributed by atoms with Crippen LogP contribution in [0.1, 0.15) is 21.5 Å². The molecule has 0 saturated carbocycles. The molecule has 0 bridgehead atoms. The molecule has 4 heteroatoms. The third kappa shape index (κ3) is 1.81. The van der Waals surface area contributed by atoms with Gasteiger partial charge in [-0.3, -0.25) is 9.59 Å². The van der Waals surface area contributed by atoms with Crippen LogP contribution in [0, 0.1) is 11.8 Å². The van der Waals surface area contributed by atoms with Gasteiger partial charge in [-0.05, 0) is 23.6 Å². The number of primary amides is 1. The van der Waals surface area contributed by atoms with Crippen molar-refractivity contribution in [2.45, 2.75) is 6.54 Å². The summed E-state index contributed by atoms with van der Waals surface area (Å²) >= 11 is 0. The number of hydrogen-bond acceptors (Lipinski definition) is 2. The fourth-order valence-corrected chi connectivity index (χ4v) is 1.42. The van der Waals surface area contributed by atoms with Gasteiger partial charge in [0.1, 0.15) is 0 Å². The molecule has 0 unspecified atom stereocenters. The van der Waals surface area contributed by atoms with Crippen LogP contribution in [0.2, 0.25) is 0 Å². The smallest absolute Gasteiger partial charge is 0.293 e. The molecule has 0 aliphatic carbocycles. The lowest BCUT2D eigenvalue weighted by atomic mass is 10.1. The molecule has 0 saturated heterocycles. The third-order valence-electron chi connectivity index (χ3n) is 2.12. The van der Waals surface area contributed by atoms with E-state index in [-0.39, 0.29) is 5.91 Å². The minimum absolute atomic E-state index is 0.104. The number of nitrogens with two attached hydrogens (primary N) is 1. The van der Waals surface area contributed by atoms with Crippen molar-refractivity contribution < 1.29 is 9.59 Å². The maximum Gasteiger partial charge on any atom is 0.293 e. The van der Waals surface area contributed by atoms with Gasteiger partial charge in [0.05, 0.1) is 0 Å². The Bertz CT molecular complexity index is 509. The molecule has 0 radical (unpaired) electrons. The van der Waals surface area contributed by atoms with Gasteiger partial charge >= 0.3 is 0 Å². The van der Waals surface area contributed by atoms with Crippen molar-refractivity contribution >= 4 is 11.8 Å². The highest BCUT2D eigenvalue weighted by molar-refractivity contribution is 5.98. The number of rotatable bonds is 0. The summed E-state index contributed by atoms with van der Waals surface area (Å²) in [5.74, 6) is 4.03. The summed E-state index contributed by atoms with van der Waals surface area (Å²) in [6.07, 6.45) is 0. The Morgan fingerprint density at radius 1 is 1.47 bits per heavy atom. The molecular weight excluding hydrogens is 192 g/mol. The van der Waals surface area contributed by atoms with E-state index in [0.29, 0.717) is 17.7 Å². The van der Waals surface area contributed by atoms with Crippen molar-refractivity contribution in [2.75, 3.05) is 0 Å². The Hall–Kier alpha value is -2.28. The molecule has 2 rings (SSSR count). The molecule has 0 fully saturated rings. The molecule has 3 N–H and O–H groups in total. The van der Waals surface area contributed by atoms with Crippen LogP contribution in [-0.2, 0) is 11.3 Å². The molecule has 0 atom stereocenters. The average Bonchev–Trinajstić information content (AvgIpc) is 2.57. The van der Waals surface area contributed by atoms with Crippen molar-refractivity contribution in [2.24, 2.45) is 5.73 Å². The van der Waals surface area contributed by atoms with Crippen molar-refractivity contribution in [1.82, 2.24) is 5.32 Å². The molecule has 15 heavy (non-hydrogen) atoms. The zero-order chi connectivity index (χ0) is 10.8. The van der Waals surface area contributed by atoms with Crippen molar-refractivity contribution in [1.29, 1.82) is 0 Å². The van der Waals surface area contributed by atoms with E-state index in [1.807, 2.05) is 6.07 Å². The largest absolute Gasteiger partial charge is 0.359 e. The van der Waals surface area contributed by atoms with E-state index >= 15 is 0 Å². The van der Waals surface area contributed by atoms with Gasteiger partial charge in [-0.25, -0.2) is 0 Å². The Kier molecular flexibility index (Phi) is 2.14. The van der Waals surface area contributed by atoms with Crippen LogP contribution in [0.25, 0.3) is 0 Å². The topological polar surface area (TPSA) is 72.2 Å². The van der Waals surface area contributed by atoms with E-state index < -0.39 is 5.91 Å². The fourth-order valence-electron chi connectivity index (χ4n) is 1.42. The Labute approximate surface area is 86.5 Å². The predicted octanol–water partition coefficient (Wildman–Crippen LogP) is -0.233. The first-order chi connectivity index (χ1) is 7.16. The molecule has 4 nitrogen and oxygen atoms in total. The first-order valence-electron chi connectivity index (χ1n) is 4.39. The fraction of sp³-hybridized carbons (Fsp3) is 0.0909. The molecular formula is C11H8N2O2. The van der Waals surface area contributed by atoms with E-state index in [9.17, 15) is 9.59 Å². The third-order valence-corrected chi connectivity index (χ3v) is 2.12. The molecule has 2 amide bonds. The Morgan fingerprint density at radius 2 is 2.27 bits per heavy atom. The first kappa shape index (κ1) is 9.28. The maximum atomic E-state index is 11.3. The van der Waals surface area contributed by atoms with Crippen molar-refractivity contribution in [3.8, 4) is 11.8 Å². The number of carbonyl (C=O) groups is 2. The summed E-state index contributed by atoms with van der Waals surface area (Å²) < 4.78 is 0. The number of benzene rings is 1. The predicted molar refractivity (Wildman–Crippen MR) is 53.7 cm³/mol. The summed E-state index contributed by atoms with van der Waals surface area (Å²) in [5, 5.41) is 2.70. The van der Waals surface area contributed by atoms with Gasteiger partial charge in [0.2, 0.25) is 0 Å². The van der Waals surface area contributed by atoms with Crippen LogP contribution >= 0.6 is 0 Å². The maximum absolute atomic E-state index is 11.3. The van der Waals surface area contributed by atoms with Crippen LogP contribution < -0.4 is 11.1 Å². The minimum atomic E-state index is -0.681. The average molecular weight is 200 g/mol. The molecule has 1 aromatic rings. The molecule has 74 valence electrons. The summed E-state index contributed by atoms with van der Waals surface area (Å²) in [6.45, 7) is 0.553. The monoisotopic (exact) mass is 200 g/mol. The van der Waals surface area contributed by atoms with Crippen LogP contribution in [0.4, 0.5) is 0 Å². The molecule has 1 aromatic carbocycles. The van der Waals surface area contributed by atoms with E-state index in [0.717, 1.165) is 5.56 Å². The highest BCUT2D eigenvalue weighted by Gasteiger charge is 2.17. The highest BCUT2D eigenvalue weighted by atomic mass is 16.2. The second-order valence-electron chi connectivity index (χ2n) is 3.17. The van der Waals surface area contributed by atoms with Crippen LogP contribution in [-0.4, -0.2) is 11.8 Å². The lowest BCUT2D eigenvalue weighted by Gasteiger charge is -1.95. The van der Waals surface area contributed by atoms with Crippen molar-refractivity contribution in [3.63, 3.8) is 0 Å². The van der Waals surface area contributed by atoms with Gasteiger partial charge < -0.3 is 11.1 Å². The molecule has 0 spiro atoms. The zero-order valence-corrected chi connectivity index (χ0v) is 7.83. The summed E-state index contributed by atoms with van der Waals surface area (Å²) in [7, 11) is 0. The second kappa shape index (κ2) is 3.46. The lowest BCUT2D eigenvalue weighted by molar-refractivity contribution is -0.112. The number of fused-ring (bicyclic) bond motifs is 1. The van der Waals surface area contributed by atoms with Gasteiger partial charge in [0, 0.05) is 17.7 Å². The van der Waals surface area contributed by atoms with Crippen LogP contribution in [0.3, 0.4) is 0 Å². The van der Waals surface area contributed by atoms with Crippen LogP contribution in [0.5, 0.6) is 0 Å². The van der Waals surface area contributed by atoms with Crippen molar-refractivity contribution in [3.05, 3.63) is 34.9 Å². The van der Waals surface area contributed by atoms with Gasteiger partial charge in [0.25, 0.3) is 11.8 Å². The number of carbonyl (C=O) groups excluding carboxylic acids is 2. The van der Waals surface area contributed by atoms with Gasteiger partial charge in [0.15, 0.2) is 0 Å². The van der Waals surface area contributed by atoms with E-state index in [1.54, 1.807) is 12.1 Å². The lowest BCUT2D eigenvalue weighted by Crippen LogP contribution is -2.12. The molecule has 0 aromatic heterocycles. The van der Waals surface area contributed by atoms with Gasteiger partial charge in [-0.1, -0.05) is 12.0 Å². The standard InChI is InChI=1S/C11H8N2O2/c12-10(14)4-2-7-1-3-8-6-13-11(15)9(8)5-7/h1,3,5H,6H2,(H2,12,14)(H,13,15). The zero-order valence-electron chi connectivity index (χ0n) is 7.83. The number of hydrogen-bond donors (Lipinski definition) is 2. The highest BCUT2D eigenvalue weighted by Crippen LogP contribution is 2.16. The summed E-state index contributed by atoms with van der Waals surface area (Å²) in [6, 6.07) is 5.24. The quantitative estimate of drug-likeness (QED) is 0.568. The molecule has 1 aliphatic heterocycles. The summed E-state index contributed by atoms with van der Waals surface area (Å²) in [5.41, 5.74) is 7.07. The van der Waals surface area contributed by atoms with Crippen LogP contribution in [0.15, 0.2) is 18.2 Å². The number of amides is 2. The first-order valence-corrected chi connectivity index (χ1v) is 4.39. The minimum Gasteiger partial charge on any atom is -0.359 e. The normalized spacial score (nSPS) is 12.4. The van der Waals surface area contributed by atoms with E-state index in [4.69, 9.17) is 5.73 Å². The van der Waals surface area contributed by atoms with E-state index in [1.165, 1.54) is 0 Å². The second-order valence-corrected chi connectivity index (χ2v) is 3.17. The van der Waals surface area contributed by atoms with E-state index in [2.05, 4.69) is 17.2 Å².